The number of ether oxygens (including phenoxy) is 2. The molecule has 214 valence electrons. The van der Waals surface area contributed by atoms with Crippen LogP contribution in [0.3, 0.4) is 0 Å². The number of nitrogens with one attached hydrogen (secondary N) is 1. The molecule has 4 aromatic heterocycles. The van der Waals surface area contributed by atoms with E-state index in [0.717, 1.165) is 18.6 Å². The molecule has 40 heavy (non-hydrogen) atoms. The summed E-state index contributed by atoms with van der Waals surface area (Å²) in [5, 5.41) is 13.8. The normalized spacial score (nSPS) is 17.5. The zero-order valence-corrected chi connectivity index (χ0v) is 24.7. The predicted octanol–water partition coefficient (Wildman–Crippen LogP) is 5.06. The first-order valence-corrected chi connectivity index (χ1v) is 17.0. The topological polar surface area (TPSA) is 109 Å². The van der Waals surface area contributed by atoms with Crippen molar-refractivity contribution in [2.45, 2.75) is 38.6 Å². The summed E-state index contributed by atoms with van der Waals surface area (Å²) >= 11 is 1.18. The van der Waals surface area contributed by atoms with Gasteiger partial charge in [-0.1, -0.05) is 6.07 Å². The number of carbonyl (C=O) groups is 1. The zero-order valence-electron chi connectivity index (χ0n) is 23.0. The number of halogens is 1. The fourth-order valence-electron chi connectivity index (χ4n) is 4.24. The van der Waals surface area contributed by atoms with Crippen molar-refractivity contribution in [2.24, 2.45) is 0 Å². The third-order valence-electron chi connectivity index (χ3n) is 6.53. The van der Waals surface area contributed by atoms with E-state index in [2.05, 4.69) is 39.2 Å². The molecule has 0 atom stereocenters. The van der Waals surface area contributed by atoms with Crippen LogP contribution < -0.4 is 5.32 Å². The Hall–Kier alpha value is -3.13. The number of rotatable bonds is 12. The van der Waals surface area contributed by atoms with Gasteiger partial charge in [-0.05, 0) is 50.7 Å². The van der Waals surface area contributed by atoms with Gasteiger partial charge in [-0.15, -0.1) is 11.3 Å². The van der Waals surface area contributed by atoms with Gasteiger partial charge in [-0.25, -0.2) is 19.7 Å². The molecule has 13 heteroatoms. The third kappa shape index (κ3) is 6.60. The Morgan fingerprint density at radius 2 is 2.10 bits per heavy atom. The van der Waals surface area contributed by atoms with Gasteiger partial charge in [0.2, 0.25) is 5.95 Å². The molecule has 1 amide bonds. The van der Waals surface area contributed by atoms with Crippen LogP contribution in [-0.4, -0.2) is 79.3 Å². The second-order valence-electron chi connectivity index (χ2n) is 10.5. The molecule has 0 unspecified atom stereocenters. The highest BCUT2D eigenvalue weighted by atomic mass is 32.3. The van der Waals surface area contributed by atoms with Crippen LogP contribution in [0.2, 0.25) is 0 Å². The minimum Gasteiger partial charge on any atom is -0.378 e. The van der Waals surface area contributed by atoms with Gasteiger partial charge in [0.1, 0.15) is 23.1 Å². The van der Waals surface area contributed by atoms with Crippen molar-refractivity contribution in [1.29, 1.82) is 0 Å². The molecule has 0 saturated heterocycles. The van der Waals surface area contributed by atoms with Crippen LogP contribution >= 0.6 is 21.4 Å². The summed E-state index contributed by atoms with van der Waals surface area (Å²) in [7, 11) is -0.688. The average molecular weight is 588 g/mol. The Bertz CT molecular complexity index is 1440. The number of amides is 1. The molecule has 1 aliphatic rings. The molecule has 10 nitrogen and oxygen atoms in total. The van der Waals surface area contributed by atoms with Crippen LogP contribution in [0.4, 0.5) is 10.1 Å². The maximum absolute atomic E-state index is 15.0. The van der Waals surface area contributed by atoms with E-state index in [4.69, 9.17) is 14.6 Å². The van der Waals surface area contributed by atoms with Crippen LogP contribution in [-0.2, 0) is 16.2 Å². The van der Waals surface area contributed by atoms with E-state index in [0.29, 0.717) is 35.3 Å². The molecule has 0 aromatic carbocycles. The summed E-state index contributed by atoms with van der Waals surface area (Å²) in [5.41, 5.74) is 2.16. The highest BCUT2D eigenvalue weighted by Gasteiger charge is 2.32. The summed E-state index contributed by atoms with van der Waals surface area (Å²) in [5.74, 6) is -0.0295. The van der Waals surface area contributed by atoms with Gasteiger partial charge in [0.25, 0.3) is 5.91 Å². The number of hydrogen-bond acceptors (Lipinski definition) is 8. The van der Waals surface area contributed by atoms with Crippen molar-refractivity contribution < 1.29 is 18.7 Å². The number of thiazole rings is 1. The Kier molecular flexibility index (Phi) is 8.64. The maximum Gasteiger partial charge on any atom is 0.275 e. The Morgan fingerprint density at radius 1 is 1.27 bits per heavy atom. The van der Waals surface area contributed by atoms with Crippen molar-refractivity contribution in [3.05, 3.63) is 53.8 Å². The van der Waals surface area contributed by atoms with Crippen LogP contribution in [0.5, 0.6) is 0 Å². The molecule has 0 aliphatic heterocycles. The molecular weight excluding hydrogens is 553 g/mol. The second-order valence-corrected chi connectivity index (χ2v) is 15.9. The SMILES string of the molecule is CCO[C@H]1C[C@@H](n2cc(NC(=O)c3csc(-c4cnn(COCCS(C)(C)C)c4F)n3)c(-c3ccccn3)n2)C1. The van der Waals surface area contributed by atoms with E-state index in [-0.39, 0.29) is 30.1 Å². The Morgan fingerprint density at radius 3 is 2.83 bits per heavy atom. The molecule has 1 N–H and O–H groups in total. The zero-order chi connectivity index (χ0) is 28.3. The molecule has 1 aliphatic carbocycles. The predicted molar refractivity (Wildman–Crippen MR) is 157 cm³/mol. The summed E-state index contributed by atoms with van der Waals surface area (Å²) in [6.07, 6.45) is 13.5. The summed E-state index contributed by atoms with van der Waals surface area (Å²) in [6.45, 7) is 3.23. The standard InChI is InChI=1S/C27H34FN7O3S2/c1-5-38-19-12-18(13-19)34-15-22(24(33-34)21-8-6-7-9-29-21)31-26(36)23-16-39-27(32-23)20-14-30-35(25(20)28)17-37-10-11-40(2,3)4/h6-9,14-16,18-19H,5,10-13,17H2,1-4H3,(H,31,36)/t18-,19+. The van der Waals surface area contributed by atoms with Crippen molar-refractivity contribution in [1.82, 2.24) is 29.5 Å². The monoisotopic (exact) mass is 587 g/mol. The minimum absolute atomic E-state index is 0.0205. The fraction of sp³-hybridized carbons (Fsp3) is 0.444. The van der Waals surface area contributed by atoms with E-state index in [1.165, 1.54) is 22.2 Å². The molecule has 1 fully saturated rings. The highest BCUT2D eigenvalue weighted by Crippen LogP contribution is 2.37. The largest absolute Gasteiger partial charge is 0.378 e. The number of pyridine rings is 1. The number of anilines is 1. The lowest BCUT2D eigenvalue weighted by molar-refractivity contribution is -0.0226. The lowest BCUT2D eigenvalue weighted by Crippen LogP contribution is -2.33. The fourth-order valence-corrected chi connectivity index (χ4v) is 5.66. The molecule has 5 rings (SSSR count). The van der Waals surface area contributed by atoms with E-state index in [9.17, 15) is 4.79 Å². The Labute approximate surface area is 238 Å². The molecule has 4 aromatic rings. The molecule has 4 heterocycles. The van der Waals surface area contributed by atoms with Gasteiger partial charge < -0.3 is 14.8 Å². The van der Waals surface area contributed by atoms with Crippen LogP contribution in [0.1, 0.15) is 36.3 Å². The summed E-state index contributed by atoms with van der Waals surface area (Å²) in [4.78, 5) is 22.0. The highest BCUT2D eigenvalue weighted by molar-refractivity contribution is 8.32. The van der Waals surface area contributed by atoms with Gasteiger partial charge in [0.15, 0.2) is 0 Å². The number of nitrogens with zero attached hydrogens (tertiary/aromatic N) is 6. The average Bonchev–Trinajstić information content (AvgIpc) is 3.63. The first-order valence-electron chi connectivity index (χ1n) is 13.1. The third-order valence-corrected chi connectivity index (χ3v) is 8.80. The smallest absolute Gasteiger partial charge is 0.275 e. The molecular formula is C27H34FN7O3S2. The molecule has 0 spiro atoms. The number of hydrogen-bond donors (Lipinski definition) is 1. The molecule has 1 saturated carbocycles. The van der Waals surface area contributed by atoms with Gasteiger partial charge >= 0.3 is 0 Å². The van der Waals surface area contributed by atoms with E-state index in [1.54, 1.807) is 11.6 Å². The van der Waals surface area contributed by atoms with Gasteiger partial charge in [0.05, 0.1) is 41.9 Å². The van der Waals surface area contributed by atoms with E-state index in [1.807, 2.05) is 36.0 Å². The Balaban J connectivity index is 1.28. The first-order chi connectivity index (χ1) is 19.2. The van der Waals surface area contributed by atoms with Crippen molar-refractivity contribution >= 4 is 33.0 Å². The quantitative estimate of drug-likeness (QED) is 0.231. The summed E-state index contributed by atoms with van der Waals surface area (Å²) < 4.78 is 29.4. The summed E-state index contributed by atoms with van der Waals surface area (Å²) in [6, 6.07) is 5.74. The van der Waals surface area contributed by atoms with Crippen LogP contribution in [0.15, 0.2) is 42.2 Å². The minimum atomic E-state index is -0.688. The lowest BCUT2D eigenvalue weighted by Gasteiger charge is -2.34. The maximum atomic E-state index is 15.0. The van der Waals surface area contributed by atoms with Crippen LogP contribution in [0.25, 0.3) is 22.0 Å². The van der Waals surface area contributed by atoms with Crippen molar-refractivity contribution in [2.75, 3.05) is 43.1 Å². The number of carbonyl (C=O) groups excluding carboxylic acids is 1. The van der Waals surface area contributed by atoms with Crippen molar-refractivity contribution in [3.8, 4) is 22.0 Å². The van der Waals surface area contributed by atoms with E-state index < -0.39 is 21.9 Å². The van der Waals surface area contributed by atoms with Gasteiger partial charge in [-0.3, -0.25) is 14.5 Å². The number of aromatic nitrogens is 6. The van der Waals surface area contributed by atoms with Gasteiger partial charge in [-0.2, -0.15) is 14.6 Å². The van der Waals surface area contributed by atoms with Crippen LogP contribution in [0, 0.1) is 5.95 Å². The molecule has 0 bridgehead atoms. The lowest BCUT2D eigenvalue weighted by atomic mass is 9.89. The first kappa shape index (κ1) is 28.4. The van der Waals surface area contributed by atoms with Gasteiger partial charge in [0, 0.05) is 30.1 Å². The molecule has 0 radical (unpaired) electrons. The second kappa shape index (κ2) is 12.2. The van der Waals surface area contributed by atoms with E-state index >= 15 is 4.39 Å². The van der Waals surface area contributed by atoms with Crippen molar-refractivity contribution in [3.63, 3.8) is 0 Å².